The van der Waals surface area contributed by atoms with E-state index < -0.39 is 0 Å². The smallest absolute Gasteiger partial charge is 0.122 e. The lowest BCUT2D eigenvalue weighted by atomic mass is 10.2. The molecule has 0 unspecified atom stereocenters. The Morgan fingerprint density at radius 3 is 2.60 bits per heavy atom. The minimum Gasteiger partial charge on any atom is -0.388 e. The zero-order valence-electron chi connectivity index (χ0n) is 11.5. The lowest BCUT2D eigenvalue weighted by Crippen LogP contribution is -2.21. The van der Waals surface area contributed by atoms with Crippen LogP contribution in [-0.4, -0.2) is 33.4 Å². The monoisotopic (exact) mass is 286 g/mol. The van der Waals surface area contributed by atoms with Gasteiger partial charge in [0, 0.05) is 31.7 Å². The van der Waals surface area contributed by atoms with Crippen LogP contribution in [0, 0.1) is 0 Å². The quantitative estimate of drug-likeness (QED) is 0.820. The zero-order valence-corrected chi connectivity index (χ0v) is 12.3. The molecule has 0 bridgehead atoms. The molecule has 0 atom stereocenters. The molecule has 2 aromatic rings. The van der Waals surface area contributed by atoms with E-state index in [1.807, 2.05) is 36.7 Å². The van der Waals surface area contributed by atoms with Crippen LogP contribution in [0.2, 0.25) is 0 Å². The van der Waals surface area contributed by atoms with Gasteiger partial charge in [-0.25, -0.2) is 0 Å². The van der Waals surface area contributed by atoms with E-state index in [1.54, 1.807) is 6.20 Å². The Bertz CT molecular complexity index is 571. The van der Waals surface area contributed by atoms with E-state index in [-0.39, 0.29) is 0 Å². The zero-order chi connectivity index (χ0) is 14.4. The molecular formula is C15H18N4S. The van der Waals surface area contributed by atoms with Crippen molar-refractivity contribution in [3.63, 3.8) is 0 Å². The fourth-order valence-corrected chi connectivity index (χ4v) is 2.08. The van der Waals surface area contributed by atoms with Crippen LogP contribution < -0.4 is 5.73 Å². The Balaban J connectivity index is 1.89. The number of aromatic nitrogens is 2. The van der Waals surface area contributed by atoms with Gasteiger partial charge in [0.15, 0.2) is 0 Å². The summed E-state index contributed by atoms with van der Waals surface area (Å²) in [5, 5.41) is 0. The molecule has 0 saturated heterocycles. The Morgan fingerprint density at radius 1 is 1.20 bits per heavy atom. The molecule has 0 fully saturated rings. The van der Waals surface area contributed by atoms with Crippen molar-refractivity contribution < 1.29 is 0 Å². The van der Waals surface area contributed by atoms with Crippen molar-refractivity contribution in [2.45, 2.75) is 13.0 Å². The van der Waals surface area contributed by atoms with Crippen LogP contribution in [0.25, 0.3) is 0 Å². The molecular weight excluding hydrogens is 268 g/mol. The lowest BCUT2D eigenvalue weighted by molar-refractivity contribution is 0.331. The highest BCUT2D eigenvalue weighted by Crippen LogP contribution is 2.06. The summed E-state index contributed by atoms with van der Waals surface area (Å²) in [6.45, 7) is 1.83. The van der Waals surface area contributed by atoms with Crippen LogP contribution in [-0.2, 0) is 13.0 Å². The van der Waals surface area contributed by atoms with E-state index in [9.17, 15) is 0 Å². The minimum absolute atomic E-state index is 0.339. The third-order valence-corrected chi connectivity index (χ3v) is 3.27. The summed E-state index contributed by atoms with van der Waals surface area (Å²) in [5.74, 6) is 0. The van der Waals surface area contributed by atoms with Crippen molar-refractivity contribution in [3.05, 3.63) is 59.7 Å². The highest BCUT2D eigenvalue weighted by Gasteiger charge is 2.04. The van der Waals surface area contributed by atoms with Crippen molar-refractivity contribution in [1.29, 1.82) is 0 Å². The van der Waals surface area contributed by atoms with Crippen molar-refractivity contribution >= 4 is 17.2 Å². The molecule has 0 aliphatic rings. The predicted molar refractivity (Wildman–Crippen MR) is 84.4 cm³/mol. The molecule has 0 aliphatic carbocycles. The van der Waals surface area contributed by atoms with Gasteiger partial charge in [-0.2, -0.15) is 0 Å². The SMILES string of the molecule is CN(CCc1ccncc1)Cc1ccnc(C(N)=S)c1. The van der Waals surface area contributed by atoms with E-state index in [2.05, 4.69) is 21.9 Å². The van der Waals surface area contributed by atoms with E-state index in [4.69, 9.17) is 18.0 Å². The molecule has 2 aromatic heterocycles. The normalized spacial score (nSPS) is 10.7. The summed E-state index contributed by atoms with van der Waals surface area (Å²) in [5.41, 5.74) is 8.74. The Hall–Kier alpha value is -1.85. The molecule has 2 N–H and O–H groups in total. The van der Waals surface area contributed by atoms with Crippen molar-refractivity contribution in [1.82, 2.24) is 14.9 Å². The lowest BCUT2D eigenvalue weighted by Gasteiger charge is -2.17. The van der Waals surface area contributed by atoms with Gasteiger partial charge in [-0.1, -0.05) is 12.2 Å². The second kappa shape index (κ2) is 7.07. The molecule has 2 rings (SSSR count). The first-order valence-electron chi connectivity index (χ1n) is 6.47. The van der Waals surface area contributed by atoms with Crippen molar-refractivity contribution in [3.8, 4) is 0 Å². The molecule has 4 nitrogen and oxygen atoms in total. The second-order valence-electron chi connectivity index (χ2n) is 4.76. The highest BCUT2D eigenvalue weighted by atomic mass is 32.1. The molecule has 20 heavy (non-hydrogen) atoms. The van der Waals surface area contributed by atoms with Crippen LogP contribution in [0.4, 0.5) is 0 Å². The largest absolute Gasteiger partial charge is 0.388 e. The first-order chi connectivity index (χ1) is 9.65. The average molecular weight is 286 g/mol. The molecule has 0 spiro atoms. The summed E-state index contributed by atoms with van der Waals surface area (Å²) in [7, 11) is 2.10. The van der Waals surface area contributed by atoms with Gasteiger partial charge >= 0.3 is 0 Å². The van der Waals surface area contributed by atoms with Gasteiger partial charge < -0.3 is 10.6 Å². The standard InChI is InChI=1S/C15H18N4S/c1-19(9-5-12-2-6-17-7-3-12)11-13-4-8-18-14(10-13)15(16)20/h2-4,6-8,10H,5,9,11H2,1H3,(H2,16,20). The van der Waals surface area contributed by atoms with Crippen LogP contribution in [0.3, 0.4) is 0 Å². The van der Waals surface area contributed by atoms with E-state index in [0.29, 0.717) is 10.7 Å². The fraction of sp³-hybridized carbons (Fsp3) is 0.267. The molecule has 2 heterocycles. The topological polar surface area (TPSA) is 55.0 Å². The summed E-state index contributed by atoms with van der Waals surface area (Å²) in [6, 6.07) is 8.03. The van der Waals surface area contributed by atoms with Crippen LogP contribution in [0.1, 0.15) is 16.8 Å². The van der Waals surface area contributed by atoms with Gasteiger partial charge in [0.1, 0.15) is 4.99 Å². The Kier molecular flexibility index (Phi) is 5.15. The summed E-state index contributed by atoms with van der Waals surface area (Å²) < 4.78 is 0. The highest BCUT2D eigenvalue weighted by molar-refractivity contribution is 7.80. The maximum Gasteiger partial charge on any atom is 0.122 e. The van der Waals surface area contributed by atoms with Gasteiger partial charge in [0.2, 0.25) is 0 Å². The van der Waals surface area contributed by atoms with Gasteiger partial charge in [-0.15, -0.1) is 0 Å². The summed E-state index contributed by atoms with van der Waals surface area (Å²) in [4.78, 5) is 10.8. The van der Waals surface area contributed by atoms with Crippen molar-refractivity contribution in [2.75, 3.05) is 13.6 Å². The van der Waals surface area contributed by atoms with Crippen LogP contribution in [0.5, 0.6) is 0 Å². The predicted octanol–water partition coefficient (Wildman–Crippen LogP) is 1.79. The minimum atomic E-state index is 0.339. The van der Waals surface area contributed by atoms with Crippen LogP contribution >= 0.6 is 12.2 Å². The molecule has 104 valence electrons. The van der Waals surface area contributed by atoms with E-state index >= 15 is 0 Å². The van der Waals surface area contributed by atoms with Gasteiger partial charge in [-0.05, 0) is 48.9 Å². The number of thiocarbonyl (C=S) groups is 1. The third kappa shape index (κ3) is 4.36. The van der Waals surface area contributed by atoms with Gasteiger partial charge in [-0.3, -0.25) is 9.97 Å². The van der Waals surface area contributed by atoms with Gasteiger partial charge in [0.25, 0.3) is 0 Å². The summed E-state index contributed by atoms with van der Waals surface area (Å²) >= 11 is 4.95. The Labute approximate surface area is 124 Å². The molecule has 0 saturated carbocycles. The van der Waals surface area contributed by atoms with E-state index in [0.717, 1.165) is 19.5 Å². The average Bonchev–Trinajstić information content (AvgIpc) is 2.46. The number of nitrogens with zero attached hydrogens (tertiary/aromatic N) is 3. The molecule has 0 aromatic carbocycles. The van der Waals surface area contributed by atoms with E-state index in [1.165, 1.54) is 11.1 Å². The Morgan fingerprint density at radius 2 is 1.90 bits per heavy atom. The second-order valence-corrected chi connectivity index (χ2v) is 5.20. The van der Waals surface area contributed by atoms with Crippen LogP contribution in [0.15, 0.2) is 42.9 Å². The van der Waals surface area contributed by atoms with Crippen molar-refractivity contribution in [2.24, 2.45) is 5.73 Å². The molecule has 0 aliphatic heterocycles. The number of hydrogen-bond acceptors (Lipinski definition) is 4. The number of pyridine rings is 2. The maximum absolute atomic E-state index is 5.60. The third-order valence-electron chi connectivity index (χ3n) is 3.06. The number of nitrogens with two attached hydrogens (primary N) is 1. The molecule has 5 heteroatoms. The van der Waals surface area contributed by atoms with Gasteiger partial charge in [0.05, 0.1) is 5.69 Å². The number of likely N-dealkylation sites (N-methyl/N-ethyl adjacent to an activating group) is 1. The first kappa shape index (κ1) is 14.6. The summed E-state index contributed by atoms with van der Waals surface area (Å²) in [6.07, 6.45) is 6.41. The molecule has 0 radical (unpaired) electrons. The molecule has 0 amide bonds. The number of rotatable bonds is 6. The maximum atomic E-state index is 5.60. The first-order valence-corrected chi connectivity index (χ1v) is 6.88. The fourth-order valence-electron chi connectivity index (χ4n) is 1.97. The number of hydrogen-bond donors (Lipinski definition) is 1.